The quantitative estimate of drug-likeness (QED) is 0.250. The van der Waals surface area contributed by atoms with E-state index in [9.17, 15) is 8.42 Å². The average Bonchev–Trinajstić information content (AvgIpc) is 2.57. The Morgan fingerprint density at radius 1 is 0.708 bits per heavy atom. The van der Waals surface area contributed by atoms with Gasteiger partial charge >= 0.3 is 0 Å². The van der Waals surface area contributed by atoms with Crippen LogP contribution in [0.4, 0.5) is 0 Å². The van der Waals surface area contributed by atoms with Crippen LogP contribution in [-0.2, 0) is 14.4 Å². The van der Waals surface area contributed by atoms with Gasteiger partial charge in [0.05, 0.1) is 5.75 Å². The molecule has 0 heterocycles. The van der Waals surface area contributed by atoms with Gasteiger partial charge in [0.1, 0.15) is 0 Å². The third kappa shape index (κ3) is 15.4. The molecule has 0 fully saturated rings. The molecule has 0 saturated carbocycles. The maximum Gasteiger partial charge on any atom is 0.283 e. The number of hydrogen-bond donors (Lipinski definition) is 1. The van der Waals surface area contributed by atoms with Crippen LogP contribution < -0.4 is 5.90 Å². The van der Waals surface area contributed by atoms with Crippen LogP contribution in [0.3, 0.4) is 0 Å². The van der Waals surface area contributed by atoms with E-state index in [1.165, 1.54) is 77.0 Å². The molecular formula is C19H41NO3S. The van der Waals surface area contributed by atoms with Crippen LogP contribution in [0.5, 0.6) is 0 Å². The van der Waals surface area contributed by atoms with E-state index in [1.807, 2.05) is 0 Å². The number of nitrogens with two attached hydrogens (primary N) is 1. The van der Waals surface area contributed by atoms with Crippen molar-refractivity contribution in [2.24, 2.45) is 11.8 Å². The molecule has 0 rings (SSSR count). The molecule has 5 heteroatoms. The minimum atomic E-state index is -3.52. The van der Waals surface area contributed by atoms with E-state index in [2.05, 4.69) is 18.1 Å². The summed E-state index contributed by atoms with van der Waals surface area (Å²) in [6.45, 7) is 4.45. The Hall–Kier alpha value is -0.130. The SMILES string of the molecule is CCCCCCCCCCCC(CCCCC)CCS(=O)(=O)ON. The lowest BCUT2D eigenvalue weighted by Crippen LogP contribution is -2.17. The van der Waals surface area contributed by atoms with Gasteiger partial charge in [0.2, 0.25) is 0 Å². The second kappa shape index (κ2) is 16.3. The molecule has 0 spiro atoms. The van der Waals surface area contributed by atoms with Crippen molar-refractivity contribution in [1.82, 2.24) is 0 Å². The molecule has 0 aliphatic heterocycles. The first-order valence-corrected chi connectivity index (χ1v) is 11.7. The zero-order chi connectivity index (χ0) is 18.1. The maximum atomic E-state index is 11.4. The average molecular weight is 364 g/mol. The topological polar surface area (TPSA) is 69.4 Å². The monoisotopic (exact) mass is 363 g/mol. The molecule has 0 saturated heterocycles. The van der Waals surface area contributed by atoms with Crippen LogP contribution in [-0.4, -0.2) is 14.2 Å². The van der Waals surface area contributed by atoms with Crippen LogP contribution in [0.15, 0.2) is 0 Å². The van der Waals surface area contributed by atoms with Crippen LogP contribution >= 0.6 is 0 Å². The zero-order valence-electron chi connectivity index (χ0n) is 16.1. The molecule has 0 aromatic rings. The minimum absolute atomic E-state index is 0.0533. The van der Waals surface area contributed by atoms with Gasteiger partial charge in [-0.2, -0.15) is 18.6 Å². The lowest BCUT2D eigenvalue weighted by molar-refractivity contribution is 0.325. The molecule has 0 amide bonds. The smallest absolute Gasteiger partial charge is 0.198 e. The summed E-state index contributed by atoms with van der Waals surface area (Å²) in [7, 11) is -3.52. The largest absolute Gasteiger partial charge is 0.283 e. The van der Waals surface area contributed by atoms with E-state index >= 15 is 0 Å². The first-order chi connectivity index (χ1) is 11.6. The predicted molar refractivity (Wildman–Crippen MR) is 103 cm³/mol. The molecule has 0 aliphatic rings. The third-order valence-corrected chi connectivity index (χ3v) is 5.88. The van der Waals surface area contributed by atoms with Gasteiger partial charge in [0.15, 0.2) is 0 Å². The van der Waals surface area contributed by atoms with Crippen LogP contribution in [0.25, 0.3) is 0 Å². The highest BCUT2D eigenvalue weighted by atomic mass is 32.2. The van der Waals surface area contributed by atoms with E-state index in [0.29, 0.717) is 12.3 Å². The van der Waals surface area contributed by atoms with Gasteiger partial charge in [-0.3, -0.25) is 0 Å². The summed E-state index contributed by atoms with van der Waals surface area (Å²) < 4.78 is 26.9. The van der Waals surface area contributed by atoms with Crippen LogP contribution in [0.2, 0.25) is 0 Å². The summed E-state index contributed by atoms with van der Waals surface area (Å²) in [6, 6.07) is 0. The Labute approximate surface area is 151 Å². The second-order valence-corrected chi connectivity index (χ2v) is 8.84. The van der Waals surface area contributed by atoms with Crippen molar-refractivity contribution in [2.75, 3.05) is 5.75 Å². The molecule has 1 unspecified atom stereocenters. The van der Waals surface area contributed by atoms with Gasteiger partial charge < -0.3 is 0 Å². The Balaban J connectivity index is 3.83. The van der Waals surface area contributed by atoms with Crippen molar-refractivity contribution in [2.45, 2.75) is 110 Å². The van der Waals surface area contributed by atoms with E-state index < -0.39 is 10.1 Å². The van der Waals surface area contributed by atoms with Gasteiger partial charge in [0.25, 0.3) is 10.1 Å². The Bertz CT molecular complexity index is 358. The molecule has 1 atom stereocenters. The lowest BCUT2D eigenvalue weighted by atomic mass is 9.92. The van der Waals surface area contributed by atoms with Crippen molar-refractivity contribution in [1.29, 1.82) is 0 Å². The standard InChI is InChI=1S/C19H41NO3S/c1-3-5-7-8-9-10-11-12-14-16-19(15-13-6-4-2)17-18-24(21,22)23-20/h19H,3-18,20H2,1-2H3. The van der Waals surface area contributed by atoms with Gasteiger partial charge in [-0.05, 0) is 12.3 Å². The van der Waals surface area contributed by atoms with Crippen molar-refractivity contribution >= 4 is 10.1 Å². The molecule has 0 aromatic carbocycles. The Kier molecular flexibility index (Phi) is 16.3. The van der Waals surface area contributed by atoms with E-state index in [0.717, 1.165) is 12.8 Å². The molecule has 0 aromatic heterocycles. The molecular weight excluding hydrogens is 322 g/mol. The molecule has 24 heavy (non-hydrogen) atoms. The van der Waals surface area contributed by atoms with E-state index in [-0.39, 0.29) is 5.75 Å². The van der Waals surface area contributed by atoms with Gasteiger partial charge in [-0.1, -0.05) is 104 Å². The third-order valence-electron chi connectivity index (χ3n) is 4.85. The van der Waals surface area contributed by atoms with Gasteiger partial charge in [-0.25, -0.2) is 0 Å². The lowest BCUT2D eigenvalue weighted by Gasteiger charge is -2.16. The molecule has 0 radical (unpaired) electrons. The van der Waals surface area contributed by atoms with Crippen molar-refractivity contribution in [3.8, 4) is 0 Å². The first-order valence-electron chi connectivity index (χ1n) is 10.2. The van der Waals surface area contributed by atoms with Crippen LogP contribution in [0.1, 0.15) is 110 Å². The summed E-state index contributed by atoms with van der Waals surface area (Å²) in [5.41, 5.74) is 0. The highest BCUT2D eigenvalue weighted by Gasteiger charge is 2.15. The van der Waals surface area contributed by atoms with Crippen molar-refractivity contribution in [3.63, 3.8) is 0 Å². The maximum absolute atomic E-state index is 11.4. The van der Waals surface area contributed by atoms with Crippen molar-refractivity contribution < 1.29 is 12.7 Å². The molecule has 0 bridgehead atoms. The normalized spacial score (nSPS) is 13.3. The van der Waals surface area contributed by atoms with Crippen LogP contribution in [0, 0.1) is 5.92 Å². The fourth-order valence-electron chi connectivity index (χ4n) is 3.22. The van der Waals surface area contributed by atoms with E-state index in [4.69, 9.17) is 5.90 Å². The summed E-state index contributed by atoms with van der Waals surface area (Å²) in [5.74, 6) is 5.37. The molecule has 146 valence electrons. The highest BCUT2D eigenvalue weighted by Crippen LogP contribution is 2.22. The first kappa shape index (κ1) is 23.9. The molecule has 0 aliphatic carbocycles. The predicted octanol–water partition coefficient (Wildman–Crippen LogP) is 5.71. The summed E-state index contributed by atoms with van der Waals surface area (Å²) in [5, 5.41) is 0. The second-order valence-electron chi connectivity index (χ2n) is 7.13. The molecule has 4 nitrogen and oxygen atoms in total. The van der Waals surface area contributed by atoms with Gasteiger partial charge in [0, 0.05) is 0 Å². The Morgan fingerprint density at radius 3 is 1.62 bits per heavy atom. The highest BCUT2D eigenvalue weighted by molar-refractivity contribution is 7.86. The fourth-order valence-corrected chi connectivity index (χ4v) is 3.94. The van der Waals surface area contributed by atoms with Gasteiger partial charge in [-0.15, -0.1) is 0 Å². The molecule has 2 N–H and O–H groups in total. The number of rotatable bonds is 18. The summed E-state index contributed by atoms with van der Waals surface area (Å²) in [4.78, 5) is 0. The minimum Gasteiger partial charge on any atom is -0.198 e. The van der Waals surface area contributed by atoms with Crippen molar-refractivity contribution in [3.05, 3.63) is 0 Å². The summed E-state index contributed by atoms with van der Waals surface area (Å²) in [6.07, 6.45) is 18.5. The summed E-state index contributed by atoms with van der Waals surface area (Å²) >= 11 is 0. The zero-order valence-corrected chi connectivity index (χ0v) is 16.9. The van der Waals surface area contributed by atoms with E-state index in [1.54, 1.807) is 0 Å². The number of hydrogen-bond acceptors (Lipinski definition) is 4. The fraction of sp³-hybridized carbons (Fsp3) is 1.00. The Morgan fingerprint density at radius 2 is 1.12 bits per heavy atom. The number of unbranched alkanes of at least 4 members (excludes halogenated alkanes) is 10.